The van der Waals surface area contributed by atoms with Crippen molar-refractivity contribution in [3.8, 4) is 28.6 Å². The largest absolute Gasteiger partial charge is 0.495 e. The average molecular weight is 394 g/mol. The number of aromatic nitrogens is 3. The molecule has 0 aliphatic rings. The van der Waals surface area contributed by atoms with Gasteiger partial charge in [-0.25, -0.2) is 4.98 Å². The normalized spacial score (nSPS) is 10.8. The fraction of sp³-hybridized carbons (Fsp3) is 0.235. The number of nitrogens with zero attached hydrogens (tertiary/aromatic N) is 3. The van der Waals surface area contributed by atoms with Crippen LogP contribution in [0.15, 0.2) is 18.3 Å². The van der Waals surface area contributed by atoms with Crippen LogP contribution in [0.3, 0.4) is 0 Å². The fourth-order valence-corrected chi connectivity index (χ4v) is 3.18. The second-order valence-corrected chi connectivity index (χ2v) is 5.92. The minimum absolute atomic E-state index is 0.118. The molecule has 0 unspecified atom stereocenters. The molecule has 9 heteroatoms. The third-order valence-electron chi connectivity index (χ3n) is 3.64. The van der Waals surface area contributed by atoms with E-state index in [0.29, 0.717) is 50.3 Å². The Morgan fingerprint density at radius 3 is 2.27 bits per heavy atom. The highest BCUT2D eigenvalue weighted by molar-refractivity contribution is 6.41. The van der Waals surface area contributed by atoms with Gasteiger partial charge < -0.3 is 29.9 Å². The summed E-state index contributed by atoms with van der Waals surface area (Å²) in [6.07, 6.45) is 1.53. The lowest BCUT2D eigenvalue weighted by Crippen LogP contribution is -2.00. The highest BCUT2D eigenvalue weighted by Crippen LogP contribution is 2.46. The molecule has 0 atom stereocenters. The zero-order chi connectivity index (χ0) is 18.8. The van der Waals surface area contributed by atoms with Crippen LogP contribution in [-0.2, 0) is 0 Å². The highest BCUT2D eigenvalue weighted by atomic mass is 35.5. The summed E-state index contributed by atoms with van der Waals surface area (Å²) in [7, 11) is 3.00. The van der Waals surface area contributed by atoms with Gasteiger partial charge in [0.05, 0.1) is 42.1 Å². The van der Waals surface area contributed by atoms with Crippen molar-refractivity contribution in [1.29, 1.82) is 0 Å². The first-order valence-electron chi connectivity index (χ1n) is 7.62. The van der Waals surface area contributed by atoms with Gasteiger partial charge >= 0.3 is 0 Å². The Kier molecular flexibility index (Phi) is 5.20. The Bertz CT molecular complexity index is 954. The standard InChI is InChI=1S/C17H15Cl2N4O3/c1-4-26-16-15-8(7-21-17(20)23-15)5-9(22-16)12-13(18)10(24-2)6-11(25-3)14(12)19/h5-7H,4H2,1-3H3,(H-,20,21,23)/q-1. The number of hydrogen-bond donors (Lipinski definition) is 0. The Labute approximate surface area is 160 Å². The van der Waals surface area contributed by atoms with Crippen LogP contribution in [0.2, 0.25) is 10.0 Å². The van der Waals surface area contributed by atoms with Crippen LogP contribution >= 0.6 is 23.2 Å². The van der Waals surface area contributed by atoms with Gasteiger partial charge in [0.25, 0.3) is 0 Å². The maximum Gasteiger partial charge on any atom is 0.224 e. The molecule has 0 amide bonds. The van der Waals surface area contributed by atoms with Crippen molar-refractivity contribution in [3.05, 3.63) is 34.1 Å². The molecule has 26 heavy (non-hydrogen) atoms. The molecule has 0 bridgehead atoms. The lowest BCUT2D eigenvalue weighted by Gasteiger charge is -2.17. The summed E-state index contributed by atoms with van der Waals surface area (Å²) in [5.74, 6) is 0.956. The molecule has 0 fully saturated rings. The summed E-state index contributed by atoms with van der Waals surface area (Å²) < 4.78 is 16.2. The van der Waals surface area contributed by atoms with Crippen LogP contribution < -0.4 is 14.2 Å². The average Bonchev–Trinajstić information content (AvgIpc) is 2.63. The first-order valence-corrected chi connectivity index (χ1v) is 8.38. The number of fused-ring (bicyclic) bond motifs is 1. The Hall–Kier alpha value is -2.51. The van der Waals surface area contributed by atoms with Crippen molar-refractivity contribution < 1.29 is 14.2 Å². The number of rotatable bonds is 5. The van der Waals surface area contributed by atoms with E-state index in [1.54, 1.807) is 12.1 Å². The van der Waals surface area contributed by atoms with E-state index in [9.17, 15) is 0 Å². The van der Waals surface area contributed by atoms with Gasteiger partial charge in [-0.3, -0.25) is 0 Å². The Morgan fingerprint density at radius 1 is 1.04 bits per heavy atom. The molecule has 1 aromatic carbocycles. The molecule has 0 saturated carbocycles. The second-order valence-electron chi connectivity index (χ2n) is 5.16. The van der Waals surface area contributed by atoms with Crippen LogP contribution in [0.4, 0.5) is 5.95 Å². The maximum atomic E-state index is 7.62. The van der Waals surface area contributed by atoms with Gasteiger partial charge in [-0.05, 0) is 24.6 Å². The van der Waals surface area contributed by atoms with Crippen LogP contribution in [0.1, 0.15) is 6.92 Å². The van der Waals surface area contributed by atoms with Gasteiger partial charge in [-0.15, -0.1) is 0 Å². The number of methoxy groups -OCH3 is 2. The first-order chi connectivity index (χ1) is 12.5. The second kappa shape index (κ2) is 7.39. The molecule has 3 rings (SSSR count). The van der Waals surface area contributed by atoms with Gasteiger partial charge in [-0.2, -0.15) is 0 Å². The zero-order valence-corrected chi connectivity index (χ0v) is 15.8. The van der Waals surface area contributed by atoms with E-state index >= 15 is 0 Å². The lowest BCUT2D eigenvalue weighted by atomic mass is 10.1. The third kappa shape index (κ3) is 3.15. The number of hydrogen-bond acceptors (Lipinski definition) is 6. The van der Waals surface area contributed by atoms with Gasteiger partial charge in [0.15, 0.2) is 0 Å². The van der Waals surface area contributed by atoms with Crippen LogP contribution in [0, 0.1) is 0 Å². The molecule has 2 aromatic heterocycles. The minimum Gasteiger partial charge on any atom is -0.495 e. The molecular formula is C17H15Cl2N4O3-. The minimum atomic E-state index is -0.118. The smallest absolute Gasteiger partial charge is 0.224 e. The number of ether oxygens (including phenoxy) is 3. The van der Waals surface area contributed by atoms with E-state index < -0.39 is 0 Å². The molecule has 0 radical (unpaired) electrons. The van der Waals surface area contributed by atoms with Crippen LogP contribution in [0.5, 0.6) is 17.4 Å². The monoisotopic (exact) mass is 393 g/mol. The van der Waals surface area contributed by atoms with E-state index in [2.05, 4.69) is 15.0 Å². The quantitative estimate of drug-likeness (QED) is 0.598. The predicted molar refractivity (Wildman–Crippen MR) is 101 cm³/mol. The fourth-order valence-electron chi connectivity index (χ4n) is 2.49. The summed E-state index contributed by atoms with van der Waals surface area (Å²) in [5, 5.41) is 1.24. The van der Waals surface area contributed by atoms with Crippen molar-refractivity contribution in [2.24, 2.45) is 0 Å². The van der Waals surface area contributed by atoms with E-state index in [4.69, 9.17) is 43.1 Å². The predicted octanol–water partition coefficient (Wildman–Crippen LogP) is 5.10. The van der Waals surface area contributed by atoms with Crippen molar-refractivity contribution in [3.63, 3.8) is 0 Å². The summed E-state index contributed by atoms with van der Waals surface area (Å²) in [5.41, 5.74) is 8.96. The third-order valence-corrected chi connectivity index (χ3v) is 4.40. The molecule has 2 heterocycles. The molecular weight excluding hydrogens is 379 g/mol. The molecule has 0 aliphatic carbocycles. The van der Waals surface area contributed by atoms with Gasteiger partial charge in [0.2, 0.25) is 5.88 Å². The zero-order valence-electron chi connectivity index (χ0n) is 14.3. The van der Waals surface area contributed by atoms with Crippen molar-refractivity contribution >= 4 is 40.1 Å². The molecule has 1 N–H and O–H groups in total. The summed E-state index contributed by atoms with van der Waals surface area (Å²) in [6, 6.07) is 3.33. The SMILES string of the molecule is CCOc1nc(-c2c(Cl)c(OC)cc(OC)c2Cl)cc2cnc([NH-])nc12. The van der Waals surface area contributed by atoms with Crippen molar-refractivity contribution in [1.82, 2.24) is 15.0 Å². The Morgan fingerprint density at radius 2 is 1.69 bits per heavy atom. The van der Waals surface area contributed by atoms with Gasteiger partial charge in [-0.1, -0.05) is 23.2 Å². The van der Waals surface area contributed by atoms with E-state index in [1.165, 1.54) is 20.4 Å². The summed E-state index contributed by atoms with van der Waals surface area (Å²) in [6.45, 7) is 2.21. The van der Waals surface area contributed by atoms with E-state index in [0.717, 1.165) is 0 Å². The van der Waals surface area contributed by atoms with Gasteiger partial charge in [0.1, 0.15) is 11.5 Å². The Balaban J connectivity index is 2.34. The first kappa shape index (κ1) is 18.3. The molecule has 0 saturated heterocycles. The number of nitrogens with one attached hydrogen (secondary N) is 1. The number of pyridine rings is 1. The molecule has 3 aromatic rings. The summed E-state index contributed by atoms with van der Waals surface area (Å²) >= 11 is 13.0. The number of halogens is 2. The molecule has 7 nitrogen and oxygen atoms in total. The van der Waals surface area contributed by atoms with E-state index in [1.807, 2.05) is 6.92 Å². The van der Waals surface area contributed by atoms with Crippen LogP contribution in [-0.4, -0.2) is 35.8 Å². The maximum absolute atomic E-state index is 7.62. The number of benzene rings is 1. The summed E-state index contributed by atoms with van der Waals surface area (Å²) in [4.78, 5) is 12.5. The molecule has 0 aliphatic heterocycles. The molecule has 0 spiro atoms. The highest BCUT2D eigenvalue weighted by Gasteiger charge is 2.21. The molecule has 136 valence electrons. The van der Waals surface area contributed by atoms with Crippen molar-refractivity contribution in [2.75, 3.05) is 20.8 Å². The van der Waals surface area contributed by atoms with Crippen molar-refractivity contribution in [2.45, 2.75) is 6.92 Å². The lowest BCUT2D eigenvalue weighted by molar-refractivity contribution is 0.331. The topological polar surface area (TPSA) is 90.2 Å². The van der Waals surface area contributed by atoms with Crippen LogP contribution in [0.25, 0.3) is 27.9 Å². The van der Waals surface area contributed by atoms with Gasteiger partial charge in [0, 0.05) is 17.6 Å². The van der Waals surface area contributed by atoms with E-state index in [-0.39, 0.29) is 11.8 Å².